The molecule has 0 radical (unpaired) electrons. The van der Waals surface area contributed by atoms with Crippen molar-refractivity contribution in [1.82, 2.24) is 19.9 Å². The lowest BCUT2D eigenvalue weighted by Crippen LogP contribution is -2.10. The molecule has 2 fully saturated rings. The molecular formula is C43H50N4O2. The largest absolute Gasteiger partial charge is 0.491 e. The van der Waals surface area contributed by atoms with E-state index in [1.54, 1.807) is 24.8 Å². The molecule has 2 aromatic heterocycles. The third-order valence-electron chi connectivity index (χ3n) is 9.47. The summed E-state index contributed by atoms with van der Waals surface area (Å²) in [5.74, 6) is 17.9. The van der Waals surface area contributed by atoms with Crippen LogP contribution in [0.3, 0.4) is 0 Å². The highest BCUT2D eigenvalue weighted by Gasteiger charge is 2.20. The van der Waals surface area contributed by atoms with E-state index in [0.717, 1.165) is 41.2 Å². The Morgan fingerprint density at radius 3 is 1.29 bits per heavy atom. The van der Waals surface area contributed by atoms with Gasteiger partial charge in [-0.2, -0.15) is 0 Å². The van der Waals surface area contributed by atoms with Gasteiger partial charge in [-0.25, -0.2) is 19.9 Å². The van der Waals surface area contributed by atoms with Gasteiger partial charge < -0.3 is 9.47 Å². The zero-order valence-electron chi connectivity index (χ0n) is 29.6. The molecule has 2 heterocycles. The van der Waals surface area contributed by atoms with Gasteiger partial charge in [-0.15, -0.1) is 0 Å². The van der Waals surface area contributed by atoms with E-state index in [-0.39, 0.29) is 0 Å². The summed E-state index contributed by atoms with van der Waals surface area (Å²) in [6, 6.07) is 17.3. The van der Waals surface area contributed by atoms with Gasteiger partial charge in [0.05, 0.1) is 38.0 Å². The van der Waals surface area contributed by atoms with Crippen molar-refractivity contribution in [3.63, 3.8) is 0 Å². The van der Waals surface area contributed by atoms with Gasteiger partial charge in [0.25, 0.3) is 0 Å². The van der Waals surface area contributed by atoms with Crippen molar-refractivity contribution < 1.29 is 9.47 Å². The average Bonchev–Trinajstić information content (AvgIpc) is 3.15. The Morgan fingerprint density at radius 2 is 0.918 bits per heavy atom. The minimum Gasteiger partial charge on any atom is -0.491 e. The third-order valence-corrected chi connectivity index (χ3v) is 9.47. The molecule has 2 aliphatic rings. The topological polar surface area (TPSA) is 70.0 Å². The highest BCUT2D eigenvalue weighted by molar-refractivity contribution is 5.41. The molecule has 2 aliphatic carbocycles. The van der Waals surface area contributed by atoms with Crippen molar-refractivity contribution in [2.45, 2.75) is 97.3 Å². The fraction of sp³-hybridized carbons (Fsp3) is 0.442. The predicted molar refractivity (Wildman–Crippen MR) is 197 cm³/mol. The first-order valence-electron chi connectivity index (χ1n) is 18.1. The SMILES string of the molecule is CCCOc1cnc(C#Cc2ccc([C@H]3CC[C@H](C)CC3)cc2)nc1.CCOc1cnc(C#Cc2ccc([C@H]3CC[C@H](C)CC3)cc2)nc1. The van der Waals surface area contributed by atoms with Crippen LogP contribution in [0.1, 0.15) is 131 Å². The zero-order chi connectivity index (χ0) is 34.3. The van der Waals surface area contributed by atoms with Crippen LogP contribution in [0.5, 0.6) is 11.5 Å². The first-order chi connectivity index (χ1) is 24.0. The number of hydrogen-bond acceptors (Lipinski definition) is 6. The Kier molecular flexibility index (Phi) is 13.6. The van der Waals surface area contributed by atoms with Crippen LogP contribution in [0.2, 0.25) is 0 Å². The molecule has 254 valence electrons. The van der Waals surface area contributed by atoms with Gasteiger partial charge in [0.1, 0.15) is 0 Å². The van der Waals surface area contributed by atoms with Crippen molar-refractivity contribution in [3.05, 3.63) is 107 Å². The van der Waals surface area contributed by atoms with Gasteiger partial charge in [-0.3, -0.25) is 0 Å². The van der Waals surface area contributed by atoms with Crippen molar-refractivity contribution >= 4 is 0 Å². The Labute approximate surface area is 293 Å². The summed E-state index contributed by atoms with van der Waals surface area (Å²) >= 11 is 0. The summed E-state index contributed by atoms with van der Waals surface area (Å²) in [6.07, 6.45) is 18.3. The molecule has 6 heteroatoms. The zero-order valence-corrected chi connectivity index (χ0v) is 29.6. The molecule has 49 heavy (non-hydrogen) atoms. The van der Waals surface area contributed by atoms with Gasteiger partial charge in [0.2, 0.25) is 11.6 Å². The molecule has 0 saturated heterocycles. The van der Waals surface area contributed by atoms with E-state index in [0.29, 0.717) is 36.4 Å². The number of rotatable bonds is 7. The Bertz CT molecular complexity index is 1680. The normalized spacial score (nSPS) is 19.9. The van der Waals surface area contributed by atoms with Crippen molar-refractivity contribution in [2.75, 3.05) is 13.2 Å². The summed E-state index contributed by atoms with van der Waals surface area (Å²) in [7, 11) is 0. The molecule has 2 aromatic carbocycles. The minimum absolute atomic E-state index is 0.517. The van der Waals surface area contributed by atoms with Gasteiger partial charge in [-0.05, 0) is 110 Å². The minimum atomic E-state index is 0.517. The number of nitrogens with zero attached hydrogens (tertiary/aromatic N) is 4. The number of ether oxygens (including phenoxy) is 2. The van der Waals surface area contributed by atoms with Crippen LogP contribution in [-0.2, 0) is 0 Å². The van der Waals surface area contributed by atoms with Gasteiger partial charge >= 0.3 is 0 Å². The van der Waals surface area contributed by atoms with E-state index in [2.05, 4.69) is 113 Å². The van der Waals surface area contributed by atoms with Crippen LogP contribution >= 0.6 is 0 Å². The van der Waals surface area contributed by atoms with Crippen LogP contribution in [0.15, 0.2) is 73.3 Å². The predicted octanol–water partition coefficient (Wildman–Crippen LogP) is 9.53. The highest BCUT2D eigenvalue weighted by atomic mass is 16.5. The van der Waals surface area contributed by atoms with Crippen molar-refractivity contribution in [3.8, 4) is 35.2 Å². The Hall–Kier alpha value is -4.68. The van der Waals surface area contributed by atoms with Crippen LogP contribution in [0.4, 0.5) is 0 Å². The Balaban J connectivity index is 0.000000191. The maximum atomic E-state index is 5.48. The summed E-state index contributed by atoms with van der Waals surface area (Å²) in [5.41, 5.74) is 4.90. The van der Waals surface area contributed by atoms with E-state index in [1.165, 1.54) is 62.5 Å². The van der Waals surface area contributed by atoms with Gasteiger partial charge in [0.15, 0.2) is 11.5 Å². The smallest absolute Gasteiger partial charge is 0.205 e. The van der Waals surface area contributed by atoms with Crippen LogP contribution < -0.4 is 9.47 Å². The van der Waals surface area contributed by atoms with E-state index in [9.17, 15) is 0 Å². The first-order valence-corrected chi connectivity index (χ1v) is 18.1. The van der Waals surface area contributed by atoms with E-state index in [4.69, 9.17) is 9.47 Å². The summed E-state index contributed by atoms with van der Waals surface area (Å²) in [6.45, 7) is 10.0. The molecule has 0 bridgehead atoms. The standard InChI is InChI=1S/C22H26N2O.C21H24N2O/c1-3-14-25-21-15-23-22(24-16-21)13-8-18-6-11-20(12-7-18)19-9-4-17(2)5-10-19;1-3-24-20-14-22-21(23-15-20)13-8-17-6-11-19(12-7-17)18-9-4-16(2)5-10-18/h6-7,11-12,15-17,19H,3-5,9-10,14H2,1-2H3;6-7,11-12,14-16,18H,3-5,9-10H2,1-2H3/t17-,19-;16-,18-. The average molecular weight is 655 g/mol. The number of benzene rings is 2. The lowest BCUT2D eigenvalue weighted by molar-refractivity contribution is 0.314. The second-order valence-corrected chi connectivity index (χ2v) is 13.4. The van der Waals surface area contributed by atoms with Crippen LogP contribution in [0, 0.1) is 35.5 Å². The highest BCUT2D eigenvalue weighted by Crippen LogP contribution is 2.36. The molecule has 0 atom stereocenters. The molecule has 0 N–H and O–H groups in total. The third kappa shape index (κ3) is 11.5. The molecule has 0 amide bonds. The van der Waals surface area contributed by atoms with Gasteiger partial charge in [0, 0.05) is 11.1 Å². The molecule has 0 aliphatic heterocycles. The van der Waals surface area contributed by atoms with E-state index in [1.807, 2.05) is 6.92 Å². The van der Waals surface area contributed by atoms with Crippen LogP contribution in [-0.4, -0.2) is 33.1 Å². The lowest BCUT2D eigenvalue weighted by Gasteiger charge is -2.26. The van der Waals surface area contributed by atoms with Crippen molar-refractivity contribution in [1.29, 1.82) is 0 Å². The number of aromatic nitrogens is 4. The molecule has 4 aromatic rings. The monoisotopic (exact) mass is 654 g/mol. The summed E-state index contributed by atoms with van der Waals surface area (Å²) in [5, 5.41) is 0. The van der Waals surface area contributed by atoms with E-state index < -0.39 is 0 Å². The molecule has 2 saturated carbocycles. The summed E-state index contributed by atoms with van der Waals surface area (Å²) < 4.78 is 10.8. The molecule has 0 spiro atoms. The Morgan fingerprint density at radius 1 is 0.531 bits per heavy atom. The maximum Gasteiger partial charge on any atom is 0.205 e. The molecule has 6 nitrogen and oxygen atoms in total. The van der Waals surface area contributed by atoms with E-state index >= 15 is 0 Å². The lowest BCUT2D eigenvalue weighted by atomic mass is 9.79. The maximum absolute atomic E-state index is 5.48. The second kappa shape index (κ2) is 18.8. The van der Waals surface area contributed by atoms with Crippen LogP contribution in [0.25, 0.3) is 0 Å². The van der Waals surface area contributed by atoms with Crippen molar-refractivity contribution in [2.24, 2.45) is 11.8 Å². The van der Waals surface area contributed by atoms with Gasteiger partial charge in [-0.1, -0.05) is 82.6 Å². The number of hydrogen-bond donors (Lipinski definition) is 0. The fourth-order valence-electron chi connectivity index (χ4n) is 6.42. The first kappa shape index (κ1) is 35.6. The molecule has 0 unspecified atom stereocenters. The summed E-state index contributed by atoms with van der Waals surface area (Å²) in [4.78, 5) is 16.9. The molecular weight excluding hydrogens is 604 g/mol. The molecule has 6 rings (SSSR count). The fourth-order valence-corrected chi connectivity index (χ4v) is 6.42. The quantitative estimate of drug-likeness (QED) is 0.185. The second-order valence-electron chi connectivity index (χ2n) is 13.4.